The third-order valence-electron chi connectivity index (χ3n) is 4.97. The Balaban J connectivity index is 1.67. The Morgan fingerprint density at radius 2 is 2.00 bits per heavy atom. The monoisotopic (exact) mass is 362 g/mol. The van der Waals surface area contributed by atoms with Crippen molar-refractivity contribution in [2.75, 3.05) is 16.4 Å². The van der Waals surface area contributed by atoms with Crippen molar-refractivity contribution in [2.45, 2.75) is 26.3 Å². The number of carbonyl (C=O) groups is 1. The summed E-state index contributed by atoms with van der Waals surface area (Å²) in [7, 11) is -3.04. The van der Waals surface area contributed by atoms with E-state index in [1.165, 1.54) is 22.5 Å². The lowest BCUT2D eigenvalue weighted by atomic mass is 10.1. The predicted molar refractivity (Wildman–Crippen MR) is 95.1 cm³/mol. The van der Waals surface area contributed by atoms with Crippen LogP contribution in [-0.4, -0.2) is 36.9 Å². The number of rotatable bonds is 2. The van der Waals surface area contributed by atoms with Crippen LogP contribution in [0.4, 0.5) is 5.13 Å². The van der Waals surface area contributed by atoms with E-state index in [2.05, 4.69) is 31.0 Å². The summed E-state index contributed by atoms with van der Waals surface area (Å²) in [5.41, 5.74) is 4.27. The fourth-order valence-corrected chi connectivity index (χ4v) is 6.52. The number of carbonyl (C=O) groups excluding carboxylic acids is 1. The van der Waals surface area contributed by atoms with Gasteiger partial charge < -0.3 is 0 Å². The Labute approximate surface area is 145 Å². The van der Waals surface area contributed by atoms with Crippen molar-refractivity contribution in [1.29, 1.82) is 0 Å². The van der Waals surface area contributed by atoms with E-state index in [1.807, 2.05) is 11.4 Å². The molecule has 1 aromatic carbocycles. The molecule has 2 aromatic rings. The molecule has 0 saturated carbocycles. The SMILES string of the molecule is Cc1ccc(-c2csc(N3C(=O)C[C@H]4CS(=O)(=O)C[C@H]43)n2)cc1C. The summed E-state index contributed by atoms with van der Waals surface area (Å²) in [6.07, 6.45) is 0.308. The van der Waals surface area contributed by atoms with Gasteiger partial charge in [-0.3, -0.25) is 9.69 Å². The Bertz CT molecular complexity index is 933. The molecule has 2 aliphatic rings. The van der Waals surface area contributed by atoms with Crippen molar-refractivity contribution >= 4 is 32.2 Å². The lowest BCUT2D eigenvalue weighted by Gasteiger charge is -2.19. The third-order valence-corrected chi connectivity index (χ3v) is 7.60. The van der Waals surface area contributed by atoms with Crippen molar-refractivity contribution < 1.29 is 13.2 Å². The maximum Gasteiger partial charge on any atom is 0.229 e. The van der Waals surface area contributed by atoms with Crippen LogP contribution >= 0.6 is 11.3 Å². The lowest BCUT2D eigenvalue weighted by Crippen LogP contribution is -2.36. The van der Waals surface area contributed by atoms with Crippen LogP contribution in [0.1, 0.15) is 17.5 Å². The van der Waals surface area contributed by atoms with Crippen molar-refractivity contribution in [1.82, 2.24) is 4.98 Å². The second kappa shape index (κ2) is 5.39. The largest absolute Gasteiger partial charge is 0.284 e. The molecule has 24 heavy (non-hydrogen) atoms. The molecule has 1 amide bonds. The quantitative estimate of drug-likeness (QED) is 0.823. The maximum atomic E-state index is 12.3. The van der Waals surface area contributed by atoms with Gasteiger partial charge in [-0.1, -0.05) is 12.1 Å². The highest BCUT2D eigenvalue weighted by atomic mass is 32.2. The van der Waals surface area contributed by atoms with Crippen LogP contribution < -0.4 is 4.90 Å². The average molecular weight is 362 g/mol. The third kappa shape index (κ3) is 2.56. The van der Waals surface area contributed by atoms with Gasteiger partial charge in [0, 0.05) is 23.3 Å². The Hall–Kier alpha value is -1.73. The van der Waals surface area contributed by atoms with Gasteiger partial charge in [0.05, 0.1) is 23.2 Å². The molecular formula is C17H18N2O3S2. The highest BCUT2D eigenvalue weighted by Gasteiger charge is 2.50. The Morgan fingerprint density at radius 1 is 1.21 bits per heavy atom. The van der Waals surface area contributed by atoms with Crippen molar-refractivity contribution in [3.05, 3.63) is 34.7 Å². The Morgan fingerprint density at radius 3 is 2.75 bits per heavy atom. The predicted octanol–water partition coefficient (Wildman–Crippen LogP) is 2.58. The molecule has 0 radical (unpaired) electrons. The van der Waals surface area contributed by atoms with Gasteiger partial charge in [0.15, 0.2) is 15.0 Å². The fourth-order valence-electron chi connectivity index (χ4n) is 3.55. The summed E-state index contributed by atoms with van der Waals surface area (Å²) in [5.74, 6) is 0.0782. The first-order valence-electron chi connectivity index (χ1n) is 7.90. The Kier molecular flexibility index (Phi) is 3.54. The summed E-state index contributed by atoms with van der Waals surface area (Å²) in [6, 6.07) is 5.92. The molecular weight excluding hydrogens is 344 g/mol. The number of amides is 1. The summed E-state index contributed by atoms with van der Waals surface area (Å²) in [5, 5.41) is 2.54. The first-order valence-corrected chi connectivity index (χ1v) is 10.6. The van der Waals surface area contributed by atoms with Crippen LogP contribution in [0.15, 0.2) is 23.6 Å². The van der Waals surface area contributed by atoms with Crippen LogP contribution in [0.2, 0.25) is 0 Å². The van der Waals surface area contributed by atoms with E-state index < -0.39 is 9.84 Å². The highest BCUT2D eigenvalue weighted by molar-refractivity contribution is 7.91. The van der Waals surface area contributed by atoms with E-state index in [0.29, 0.717) is 11.6 Å². The van der Waals surface area contributed by atoms with Gasteiger partial charge >= 0.3 is 0 Å². The molecule has 5 nitrogen and oxygen atoms in total. The second-order valence-corrected chi connectivity index (χ2v) is 9.68. The van der Waals surface area contributed by atoms with Crippen molar-refractivity contribution in [3.8, 4) is 11.3 Å². The van der Waals surface area contributed by atoms with Gasteiger partial charge in [-0.25, -0.2) is 13.4 Å². The molecule has 0 N–H and O–H groups in total. The molecule has 2 saturated heterocycles. The molecule has 2 fully saturated rings. The minimum atomic E-state index is -3.04. The number of aromatic nitrogens is 1. The molecule has 0 aliphatic carbocycles. The summed E-state index contributed by atoms with van der Waals surface area (Å²) >= 11 is 1.40. The zero-order valence-electron chi connectivity index (χ0n) is 13.5. The molecule has 0 bridgehead atoms. The number of hydrogen-bond donors (Lipinski definition) is 0. The smallest absolute Gasteiger partial charge is 0.229 e. The van der Waals surface area contributed by atoms with E-state index in [9.17, 15) is 13.2 Å². The number of aryl methyl sites for hydroxylation is 2. The van der Waals surface area contributed by atoms with Gasteiger partial charge in [-0.15, -0.1) is 11.3 Å². The maximum absolute atomic E-state index is 12.3. The standard InChI is InChI=1S/C17H18N2O3S2/c1-10-3-4-12(5-11(10)2)14-7-23-17(18-14)19-15-9-24(21,22)8-13(15)6-16(19)20/h3-5,7,13,15H,6,8-9H2,1-2H3/t13-,15+/m0/s1. The fraction of sp³-hybridized carbons (Fsp3) is 0.412. The van der Waals surface area contributed by atoms with Gasteiger partial charge in [0.2, 0.25) is 5.91 Å². The van der Waals surface area contributed by atoms with Gasteiger partial charge in [-0.05, 0) is 31.0 Å². The summed E-state index contributed by atoms with van der Waals surface area (Å²) in [4.78, 5) is 18.6. The number of thiazole rings is 1. The van der Waals surface area contributed by atoms with Crippen LogP contribution in [0.3, 0.4) is 0 Å². The molecule has 4 rings (SSSR count). The van der Waals surface area contributed by atoms with Crippen molar-refractivity contribution in [3.63, 3.8) is 0 Å². The van der Waals surface area contributed by atoms with Crippen molar-refractivity contribution in [2.24, 2.45) is 5.92 Å². The normalized spacial score (nSPS) is 25.2. The zero-order valence-corrected chi connectivity index (χ0v) is 15.2. The summed E-state index contributed by atoms with van der Waals surface area (Å²) in [6.45, 7) is 4.12. The van der Waals surface area contributed by atoms with Crippen LogP contribution in [0.5, 0.6) is 0 Å². The minimum absolute atomic E-state index is 0.0131. The summed E-state index contributed by atoms with van der Waals surface area (Å²) < 4.78 is 23.7. The number of fused-ring (bicyclic) bond motifs is 1. The molecule has 1 aromatic heterocycles. The van der Waals surface area contributed by atoms with Crippen LogP contribution in [0, 0.1) is 19.8 Å². The van der Waals surface area contributed by atoms with Crippen LogP contribution in [0.25, 0.3) is 11.3 Å². The number of nitrogens with zero attached hydrogens (tertiary/aromatic N) is 2. The number of hydrogen-bond acceptors (Lipinski definition) is 5. The van der Waals surface area contributed by atoms with E-state index in [4.69, 9.17) is 0 Å². The molecule has 0 unspecified atom stereocenters. The topological polar surface area (TPSA) is 67.3 Å². The molecule has 2 atom stereocenters. The van der Waals surface area contributed by atoms with Gasteiger partial charge in [0.25, 0.3) is 0 Å². The molecule has 126 valence electrons. The molecule has 7 heteroatoms. The number of anilines is 1. The van der Waals surface area contributed by atoms with Gasteiger partial charge in [0.1, 0.15) is 0 Å². The first-order chi connectivity index (χ1) is 11.3. The number of sulfone groups is 1. The van der Waals surface area contributed by atoms with E-state index >= 15 is 0 Å². The first kappa shape index (κ1) is 15.8. The highest BCUT2D eigenvalue weighted by Crippen LogP contribution is 2.39. The average Bonchev–Trinajstić information content (AvgIpc) is 3.14. The molecule has 3 heterocycles. The zero-order chi connectivity index (χ0) is 17.1. The van der Waals surface area contributed by atoms with E-state index in [-0.39, 0.29) is 29.4 Å². The molecule has 0 spiro atoms. The van der Waals surface area contributed by atoms with E-state index in [1.54, 1.807) is 4.90 Å². The second-order valence-electron chi connectivity index (χ2n) is 6.69. The lowest BCUT2D eigenvalue weighted by molar-refractivity contribution is -0.117. The molecule has 2 aliphatic heterocycles. The van der Waals surface area contributed by atoms with Crippen LogP contribution in [-0.2, 0) is 14.6 Å². The number of benzene rings is 1. The minimum Gasteiger partial charge on any atom is -0.284 e. The van der Waals surface area contributed by atoms with E-state index in [0.717, 1.165) is 11.3 Å². The van der Waals surface area contributed by atoms with Gasteiger partial charge in [-0.2, -0.15) is 0 Å².